The zero-order chi connectivity index (χ0) is 10.6. The molecule has 0 fully saturated rings. The van der Waals surface area contributed by atoms with Crippen molar-refractivity contribution in [2.24, 2.45) is 5.14 Å². The zero-order valence-corrected chi connectivity index (χ0v) is 8.64. The fraction of sp³-hybridized carbons (Fsp3) is 0.400. The molecule has 0 aliphatic rings. The number of nitrogens with two attached hydrogens (primary N) is 1. The first kappa shape index (κ1) is 11.0. The van der Waals surface area contributed by atoms with E-state index in [0.29, 0.717) is 4.88 Å². The number of hydrogen-bond donors (Lipinski definition) is 2. The topological polar surface area (TPSA) is 115 Å². The molecule has 0 spiro atoms. The van der Waals surface area contributed by atoms with E-state index in [2.05, 4.69) is 14.9 Å². The molecule has 0 bridgehead atoms. The van der Waals surface area contributed by atoms with E-state index in [1.54, 1.807) is 0 Å². The van der Waals surface area contributed by atoms with Crippen LogP contribution in [0.3, 0.4) is 0 Å². The molecule has 78 valence electrons. The summed E-state index contributed by atoms with van der Waals surface area (Å²) in [6.45, 7) is -0.0183. The Morgan fingerprint density at radius 3 is 2.86 bits per heavy atom. The number of amides is 1. The van der Waals surface area contributed by atoms with Gasteiger partial charge in [0, 0.05) is 6.54 Å². The summed E-state index contributed by atoms with van der Waals surface area (Å²) < 4.78 is 24.5. The van der Waals surface area contributed by atoms with Crippen molar-refractivity contribution in [1.29, 1.82) is 0 Å². The Balaban J connectivity index is 2.37. The van der Waals surface area contributed by atoms with Crippen molar-refractivity contribution in [3.63, 3.8) is 0 Å². The molecule has 1 aromatic heterocycles. The smallest absolute Gasteiger partial charge is 0.264 e. The fourth-order valence-corrected chi connectivity index (χ4v) is 1.48. The van der Waals surface area contributed by atoms with Gasteiger partial charge in [-0.2, -0.15) is 0 Å². The summed E-state index contributed by atoms with van der Waals surface area (Å²) in [6.07, 6.45) is 1.30. The molecule has 0 radical (unpaired) electrons. The number of carbonyl (C=O) groups excluding carboxylic acids is 1. The number of hydrogen-bond acceptors (Lipinski definition) is 6. The number of primary sulfonamides is 1. The molecule has 1 aromatic rings. The van der Waals surface area contributed by atoms with Crippen LogP contribution in [0.2, 0.25) is 0 Å². The molecule has 14 heavy (non-hydrogen) atoms. The maximum Gasteiger partial charge on any atom is 0.264 e. The normalized spacial score (nSPS) is 11.2. The number of nitrogens with one attached hydrogen (secondary N) is 1. The molecule has 0 saturated heterocycles. The molecular weight excluding hydrogens is 228 g/mol. The molecule has 0 unspecified atom stereocenters. The Kier molecular flexibility index (Phi) is 3.49. The molecule has 0 aliphatic carbocycles. The lowest BCUT2D eigenvalue weighted by molar-refractivity contribution is 0.0960. The molecule has 0 atom stereocenters. The van der Waals surface area contributed by atoms with Crippen LogP contribution in [-0.4, -0.2) is 36.2 Å². The molecule has 7 nitrogen and oxygen atoms in total. The van der Waals surface area contributed by atoms with Crippen LogP contribution in [0.25, 0.3) is 0 Å². The number of carbonyl (C=O) groups is 1. The number of nitrogens with zero attached hydrogens (tertiary/aromatic N) is 2. The minimum Gasteiger partial charge on any atom is -0.350 e. The van der Waals surface area contributed by atoms with Crippen molar-refractivity contribution in [1.82, 2.24) is 14.9 Å². The first-order chi connectivity index (χ1) is 6.49. The summed E-state index contributed by atoms with van der Waals surface area (Å²) in [4.78, 5) is 11.5. The standard InChI is InChI=1S/C5H8N4O3S2/c6-14(11,12)2-1-7-5(10)4-3-8-9-13-4/h3H,1-2H2,(H,7,10)(H2,6,11,12). The van der Waals surface area contributed by atoms with Gasteiger partial charge in [-0.1, -0.05) is 4.49 Å². The second kappa shape index (κ2) is 4.44. The lowest BCUT2D eigenvalue weighted by Crippen LogP contribution is -2.31. The van der Waals surface area contributed by atoms with Gasteiger partial charge in [-0.05, 0) is 11.5 Å². The average molecular weight is 236 g/mol. The van der Waals surface area contributed by atoms with Crippen LogP contribution in [0.5, 0.6) is 0 Å². The molecule has 1 amide bonds. The molecule has 0 saturated carbocycles. The third-order valence-corrected chi connectivity index (χ3v) is 2.69. The molecule has 9 heteroatoms. The molecular formula is C5H8N4O3S2. The highest BCUT2D eigenvalue weighted by atomic mass is 32.2. The summed E-state index contributed by atoms with van der Waals surface area (Å²) in [5.41, 5.74) is 0. The Morgan fingerprint density at radius 2 is 2.36 bits per heavy atom. The quantitative estimate of drug-likeness (QED) is 0.664. The SMILES string of the molecule is NS(=O)(=O)CCNC(=O)c1cnns1. The van der Waals surface area contributed by atoms with Gasteiger partial charge in [0.25, 0.3) is 5.91 Å². The minimum absolute atomic E-state index is 0.0183. The first-order valence-electron chi connectivity index (χ1n) is 3.55. The van der Waals surface area contributed by atoms with E-state index in [4.69, 9.17) is 5.14 Å². The van der Waals surface area contributed by atoms with Gasteiger partial charge in [-0.15, -0.1) is 5.10 Å². The van der Waals surface area contributed by atoms with E-state index >= 15 is 0 Å². The van der Waals surface area contributed by atoms with Gasteiger partial charge in [0.1, 0.15) is 4.88 Å². The highest BCUT2D eigenvalue weighted by molar-refractivity contribution is 7.89. The van der Waals surface area contributed by atoms with Gasteiger partial charge in [0.15, 0.2) is 0 Å². The Hall–Kier alpha value is -1.06. The maximum atomic E-state index is 11.2. The van der Waals surface area contributed by atoms with Crippen LogP contribution in [0.15, 0.2) is 6.20 Å². The number of aromatic nitrogens is 2. The van der Waals surface area contributed by atoms with Crippen molar-refractivity contribution >= 4 is 27.5 Å². The number of rotatable bonds is 4. The van der Waals surface area contributed by atoms with Crippen LogP contribution in [-0.2, 0) is 10.0 Å². The summed E-state index contributed by atoms with van der Waals surface area (Å²) in [7, 11) is -3.53. The van der Waals surface area contributed by atoms with Gasteiger partial charge in [-0.25, -0.2) is 13.6 Å². The van der Waals surface area contributed by atoms with E-state index < -0.39 is 15.9 Å². The van der Waals surface area contributed by atoms with Gasteiger partial charge in [0.05, 0.1) is 11.9 Å². The second-order valence-corrected chi connectivity index (χ2v) is 4.92. The Morgan fingerprint density at radius 1 is 1.64 bits per heavy atom. The molecule has 1 heterocycles. The van der Waals surface area contributed by atoms with Crippen LogP contribution in [0.4, 0.5) is 0 Å². The average Bonchev–Trinajstić information content (AvgIpc) is 2.53. The monoisotopic (exact) mass is 236 g/mol. The molecule has 0 aromatic carbocycles. The summed E-state index contributed by atoms with van der Waals surface area (Å²) in [6, 6.07) is 0. The summed E-state index contributed by atoms with van der Waals surface area (Å²) in [5, 5.41) is 10.6. The molecule has 3 N–H and O–H groups in total. The summed E-state index contributed by atoms with van der Waals surface area (Å²) in [5.74, 6) is -0.686. The van der Waals surface area contributed by atoms with Crippen molar-refractivity contribution < 1.29 is 13.2 Å². The van der Waals surface area contributed by atoms with Crippen molar-refractivity contribution in [2.45, 2.75) is 0 Å². The third kappa shape index (κ3) is 3.77. The minimum atomic E-state index is -3.53. The van der Waals surface area contributed by atoms with Gasteiger partial charge in [0.2, 0.25) is 10.0 Å². The van der Waals surface area contributed by atoms with E-state index in [0.717, 1.165) is 11.5 Å². The first-order valence-corrected chi connectivity index (χ1v) is 6.04. The third-order valence-electron chi connectivity index (χ3n) is 1.26. The van der Waals surface area contributed by atoms with E-state index in [9.17, 15) is 13.2 Å². The zero-order valence-electron chi connectivity index (χ0n) is 7.00. The maximum absolute atomic E-state index is 11.2. The van der Waals surface area contributed by atoms with Crippen LogP contribution in [0.1, 0.15) is 9.67 Å². The number of sulfonamides is 1. The predicted octanol–water partition coefficient (Wildman–Crippen LogP) is -1.44. The van der Waals surface area contributed by atoms with E-state index in [-0.39, 0.29) is 12.3 Å². The lowest BCUT2D eigenvalue weighted by atomic mass is 10.5. The Labute approximate surface area is 84.5 Å². The van der Waals surface area contributed by atoms with E-state index in [1.165, 1.54) is 6.20 Å². The van der Waals surface area contributed by atoms with E-state index in [1.807, 2.05) is 0 Å². The molecule has 1 rings (SSSR count). The predicted molar refractivity (Wildman–Crippen MR) is 50.2 cm³/mol. The molecule has 0 aliphatic heterocycles. The highest BCUT2D eigenvalue weighted by Crippen LogP contribution is 2.00. The van der Waals surface area contributed by atoms with Crippen LogP contribution < -0.4 is 10.5 Å². The highest BCUT2D eigenvalue weighted by Gasteiger charge is 2.09. The summed E-state index contributed by atoms with van der Waals surface area (Å²) >= 11 is 0.935. The van der Waals surface area contributed by atoms with Gasteiger partial charge in [-0.3, -0.25) is 4.79 Å². The largest absolute Gasteiger partial charge is 0.350 e. The lowest BCUT2D eigenvalue weighted by Gasteiger charge is -2.00. The van der Waals surface area contributed by atoms with Crippen LogP contribution >= 0.6 is 11.5 Å². The van der Waals surface area contributed by atoms with Gasteiger partial charge >= 0.3 is 0 Å². The van der Waals surface area contributed by atoms with Crippen LogP contribution in [0, 0.1) is 0 Å². The fourth-order valence-electron chi connectivity index (χ4n) is 0.661. The van der Waals surface area contributed by atoms with Gasteiger partial charge < -0.3 is 5.32 Å². The Bertz CT molecular complexity index is 399. The second-order valence-electron chi connectivity index (χ2n) is 2.40. The van der Waals surface area contributed by atoms with Crippen molar-refractivity contribution in [3.8, 4) is 0 Å². The van der Waals surface area contributed by atoms with Crippen molar-refractivity contribution in [3.05, 3.63) is 11.1 Å². The van der Waals surface area contributed by atoms with Crippen molar-refractivity contribution in [2.75, 3.05) is 12.3 Å².